The van der Waals surface area contributed by atoms with Crippen LogP contribution in [0.15, 0.2) is 297 Å². The number of nitrogens with zero attached hydrogens (tertiary/aromatic N) is 1. The topological polar surface area (TPSA) is 3.24 Å². The van der Waals surface area contributed by atoms with Crippen LogP contribution in [0, 0.1) is 0 Å². The van der Waals surface area contributed by atoms with Crippen LogP contribution in [0.2, 0.25) is 0 Å². The van der Waals surface area contributed by atoms with Gasteiger partial charge in [-0.05, 0) is 158 Å². The number of hydrogen-bond donors (Lipinski definition) is 0. The molecule has 404 valence electrons. The van der Waals surface area contributed by atoms with Crippen LogP contribution in [0.3, 0.4) is 0 Å². The lowest BCUT2D eigenvalue weighted by atomic mass is 9.67. The second-order valence-corrected chi connectivity index (χ2v) is 25.5. The molecule has 15 rings (SSSR count). The van der Waals surface area contributed by atoms with Crippen molar-refractivity contribution in [1.82, 2.24) is 0 Å². The number of hydrogen-bond acceptors (Lipinski definition) is 1. The van der Waals surface area contributed by atoms with E-state index >= 15 is 0 Å². The van der Waals surface area contributed by atoms with E-state index in [0.717, 1.165) is 17.1 Å². The van der Waals surface area contributed by atoms with Gasteiger partial charge in [0, 0.05) is 17.1 Å². The summed E-state index contributed by atoms with van der Waals surface area (Å²) in [6.07, 6.45) is 0. The van der Waals surface area contributed by atoms with Gasteiger partial charge in [-0.3, -0.25) is 0 Å². The SMILES string of the molecule is CC(C)(C)c1ccc(C2(c3ccccc3)c3ccccc3-c3cc(N(c4ccc5c(c4)C(c4ccccc4)(c4ccccc4)c4ccccc4-5)c4ccc5c(c4)C(c4ccccc4)(c4ccc(C(C)(C)C)cc4)c4ccccc4-5)ccc32)cc1. The molecule has 1 nitrogen and oxygen atoms in total. The summed E-state index contributed by atoms with van der Waals surface area (Å²) in [5.74, 6) is 0. The Bertz CT molecular complexity index is 4430. The van der Waals surface area contributed by atoms with Gasteiger partial charge in [0.15, 0.2) is 0 Å². The molecule has 12 aromatic carbocycles. The van der Waals surface area contributed by atoms with E-state index in [-0.39, 0.29) is 10.8 Å². The first-order chi connectivity index (χ1) is 40.9. The zero-order valence-electron chi connectivity index (χ0n) is 48.7. The van der Waals surface area contributed by atoms with E-state index in [9.17, 15) is 0 Å². The van der Waals surface area contributed by atoms with Crippen LogP contribution in [0.4, 0.5) is 17.1 Å². The molecule has 3 aliphatic carbocycles. The van der Waals surface area contributed by atoms with Crippen molar-refractivity contribution in [3.05, 3.63) is 375 Å². The quantitative estimate of drug-likeness (QED) is 0.139. The number of rotatable bonds is 9. The van der Waals surface area contributed by atoms with E-state index in [1.165, 1.54) is 111 Å². The van der Waals surface area contributed by atoms with Gasteiger partial charge in [-0.25, -0.2) is 0 Å². The second kappa shape index (κ2) is 19.3. The van der Waals surface area contributed by atoms with Gasteiger partial charge < -0.3 is 4.90 Å². The van der Waals surface area contributed by atoms with Crippen molar-refractivity contribution >= 4 is 17.1 Å². The van der Waals surface area contributed by atoms with Crippen molar-refractivity contribution in [2.75, 3.05) is 4.90 Å². The van der Waals surface area contributed by atoms with Gasteiger partial charge in [0.25, 0.3) is 0 Å². The van der Waals surface area contributed by atoms with Gasteiger partial charge in [-0.2, -0.15) is 0 Å². The summed E-state index contributed by atoms with van der Waals surface area (Å²) in [7, 11) is 0. The Morgan fingerprint density at radius 2 is 0.476 bits per heavy atom. The van der Waals surface area contributed by atoms with Crippen molar-refractivity contribution in [2.24, 2.45) is 0 Å². The molecule has 12 aromatic rings. The van der Waals surface area contributed by atoms with Gasteiger partial charge in [-0.15, -0.1) is 0 Å². The van der Waals surface area contributed by atoms with Gasteiger partial charge in [0.2, 0.25) is 0 Å². The van der Waals surface area contributed by atoms with E-state index in [1.807, 2.05) is 0 Å². The molecule has 0 bridgehead atoms. The maximum absolute atomic E-state index is 2.56. The number of anilines is 3. The molecule has 0 amide bonds. The highest BCUT2D eigenvalue weighted by Crippen LogP contribution is 2.62. The van der Waals surface area contributed by atoms with Crippen LogP contribution in [0.1, 0.15) is 119 Å². The minimum Gasteiger partial charge on any atom is -0.310 e. The molecule has 3 aliphatic rings. The Morgan fingerprint density at radius 1 is 0.214 bits per heavy atom. The molecule has 0 spiro atoms. The monoisotopic (exact) mass is 1080 g/mol. The average molecular weight is 1080 g/mol. The normalized spacial score (nSPS) is 16.9. The Labute approximate surface area is 496 Å². The van der Waals surface area contributed by atoms with Crippen molar-refractivity contribution in [1.29, 1.82) is 0 Å². The molecule has 0 N–H and O–H groups in total. The van der Waals surface area contributed by atoms with Crippen LogP contribution >= 0.6 is 0 Å². The lowest BCUT2D eigenvalue weighted by Crippen LogP contribution is -2.29. The fourth-order valence-corrected chi connectivity index (χ4v) is 15.2. The number of fused-ring (bicyclic) bond motifs is 9. The van der Waals surface area contributed by atoms with Gasteiger partial charge in [0.05, 0.1) is 16.2 Å². The predicted molar refractivity (Wildman–Crippen MR) is 350 cm³/mol. The maximum atomic E-state index is 2.56. The lowest BCUT2D eigenvalue weighted by Gasteiger charge is -2.36. The van der Waals surface area contributed by atoms with Crippen molar-refractivity contribution < 1.29 is 0 Å². The molecule has 0 heterocycles. The molecular weight excluding hydrogens is 1010 g/mol. The van der Waals surface area contributed by atoms with E-state index in [4.69, 9.17) is 0 Å². The van der Waals surface area contributed by atoms with Crippen LogP contribution in [-0.2, 0) is 27.1 Å². The summed E-state index contributed by atoms with van der Waals surface area (Å²) >= 11 is 0. The van der Waals surface area contributed by atoms with Crippen LogP contribution < -0.4 is 4.90 Å². The van der Waals surface area contributed by atoms with Crippen molar-refractivity contribution in [3.8, 4) is 33.4 Å². The third-order valence-corrected chi connectivity index (χ3v) is 19.1. The fraction of sp³-hybridized carbons (Fsp3) is 0.133. The second-order valence-electron chi connectivity index (χ2n) is 25.5. The molecule has 2 unspecified atom stereocenters. The number of benzene rings is 12. The standard InChI is InChI=1S/C83H67N/c1-79(2,3)56-39-43-62(44-40-56)81(58-25-11-7-12-26-58)75-38-24-21-35-69(75)72-53-64(49-52-76(72)81)84(65-47-50-70-67-33-19-22-36-73(67)82(77(70)54-65,59-27-13-8-14-28-59)60-29-15-9-16-30-60)66-48-51-71-68-34-20-23-37-74(68)83(78(71)55-66,61-31-17-10-18-32-61)63-45-41-57(42-46-63)80(4,5)6/h7-55H,1-6H3. The first kappa shape index (κ1) is 51.3. The lowest BCUT2D eigenvalue weighted by molar-refractivity contribution is 0.589. The summed E-state index contributed by atoms with van der Waals surface area (Å²) < 4.78 is 0. The molecule has 0 aromatic heterocycles. The Kier molecular flexibility index (Phi) is 11.8. The zero-order chi connectivity index (χ0) is 57.0. The first-order valence-corrected chi connectivity index (χ1v) is 29.9. The molecular formula is C83H67N. The molecule has 0 saturated heterocycles. The summed E-state index contributed by atoms with van der Waals surface area (Å²) in [5, 5.41) is 0. The highest BCUT2D eigenvalue weighted by Gasteiger charge is 2.50. The van der Waals surface area contributed by atoms with Crippen LogP contribution in [-0.4, -0.2) is 0 Å². The summed E-state index contributed by atoms with van der Waals surface area (Å²) in [6, 6.07) is 113. The Balaban J connectivity index is 1.02. The summed E-state index contributed by atoms with van der Waals surface area (Å²) in [4.78, 5) is 2.56. The highest BCUT2D eigenvalue weighted by atomic mass is 15.1. The maximum Gasteiger partial charge on any atom is 0.0714 e. The first-order valence-electron chi connectivity index (χ1n) is 29.9. The van der Waals surface area contributed by atoms with Crippen molar-refractivity contribution in [3.63, 3.8) is 0 Å². The molecule has 0 fully saturated rings. The smallest absolute Gasteiger partial charge is 0.0714 e. The van der Waals surface area contributed by atoms with E-state index in [1.54, 1.807) is 0 Å². The third-order valence-electron chi connectivity index (χ3n) is 19.1. The van der Waals surface area contributed by atoms with Gasteiger partial charge in [-0.1, -0.05) is 302 Å². The minimum atomic E-state index is -0.616. The fourth-order valence-electron chi connectivity index (χ4n) is 15.2. The molecule has 84 heavy (non-hydrogen) atoms. The molecule has 0 saturated carbocycles. The average Bonchev–Trinajstić information content (AvgIpc) is 1.62. The van der Waals surface area contributed by atoms with E-state index in [2.05, 4.69) is 344 Å². The van der Waals surface area contributed by atoms with Crippen molar-refractivity contribution in [2.45, 2.75) is 68.6 Å². The largest absolute Gasteiger partial charge is 0.310 e. The van der Waals surface area contributed by atoms with Crippen LogP contribution in [0.5, 0.6) is 0 Å². The Morgan fingerprint density at radius 3 is 0.833 bits per heavy atom. The highest BCUT2D eigenvalue weighted by molar-refractivity contribution is 5.95. The summed E-state index contributed by atoms with van der Waals surface area (Å²) in [5.41, 5.74) is 26.9. The molecule has 2 atom stereocenters. The molecule has 0 aliphatic heterocycles. The van der Waals surface area contributed by atoms with Gasteiger partial charge >= 0.3 is 0 Å². The Hall–Kier alpha value is -9.56. The molecule has 1 heteroatoms. The summed E-state index contributed by atoms with van der Waals surface area (Å²) in [6.45, 7) is 13.8. The van der Waals surface area contributed by atoms with Gasteiger partial charge in [0.1, 0.15) is 0 Å². The minimum absolute atomic E-state index is 0.00144. The molecule has 0 radical (unpaired) electrons. The van der Waals surface area contributed by atoms with Crippen LogP contribution in [0.25, 0.3) is 33.4 Å². The third kappa shape index (κ3) is 7.47. The zero-order valence-corrected chi connectivity index (χ0v) is 48.7. The predicted octanol–water partition coefficient (Wildman–Crippen LogP) is 20.8. The van der Waals surface area contributed by atoms with E-state index < -0.39 is 16.2 Å². The van der Waals surface area contributed by atoms with E-state index in [0.29, 0.717) is 0 Å².